The summed E-state index contributed by atoms with van der Waals surface area (Å²) in [5, 5.41) is 0. The molecule has 1 aromatic carbocycles. The summed E-state index contributed by atoms with van der Waals surface area (Å²) in [5.74, 6) is 0. The lowest BCUT2D eigenvalue weighted by atomic mass is 9.84. The van der Waals surface area contributed by atoms with Crippen LogP contribution in [0.1, 0.15) is 24.8 Å². The summed E-state index contributed by atoms with van der Waals surface area (Å²) in [6.07, 6.45) is 5.43. The van der Waals surface area contributed by atoms with Gasteiger partial charge in [0.05, 0.1) is 4.90 Å². The molecule has 1 saturated carbocycles. The van der Waals surface area contributed by atoms with Gasteiger partial charge in [-0.15, -0.1) is 0 Å². The van der Waals surface area contributed by atoms with Crippen molar-refractivity contribution in [1.82, 2.24) is 4.72 Å². The lowest BCUT2D eigenvalue weighted by molar-refractivity contribution is 0.362. The molecule has 0 heterocycles. The predicted octanol–water partition coefficient (Wildman–Crippen LogP) is 3.32. The highest BCUT2D eigenvalue weighted by Crippen LogP contribution is 2.42. The van der Waals surface area contributed by atoms with Gasteiger partial charge in [0.15, 0.2) is 0 Å². The number of aryl methyl sites for hydroxylation is 1. The van der Waals surface area contributed by atoms with Crippen molar-refractivity contribution in [3.05, 3.63) is 28.2 Å². The van der Waals surface area contributed by atoms with Crippen molar-refractivity contribution in [2.24, 2.45) is 0 Å². The van der Waals surface area contributed by atoms with Crippen LogP contribution in [0.15, 0.2) is 27.6 Å². The van der Waals surface area contributed by atoms with Crippen molar-refractivity contribution >= 4 is 37.7 Å². The molecule has 0 unspecified atom stereocenters. The van der Waals surface area contributed by atoms with Gasteiger partial charge in [-0.05, 0) is 43.7 Å². The minimum absolute atomic E-state index is 0.104. The highest BCUT2D eigenvalue weighted by molar-refractivity contribution is 9.10. The molecule has 0 atom stereocenters. The molecule has 0 spiro atoms. The van der Waals surface area contributed by atoms with Gasteiger partial charge in [-0.2, -0.15) is 11.8 Å². The molecule has 1 N–H and O–H groups in total. The number of halogens is 1. The van der Waals surface area contributed by atoms with Crippen LogP contribution in [0, 0.1) is 6.92 Å². The van der Waals surface area contributed by atoms with Crippen molar-refractivity contribution in [1.29, 1.82) is 0 Å². The summed E-state index contributed by atoms with van der Waals surface area (Å²) in [6.45, 7) is 2.33. The lowest BCUT2D eigenvalue weighted by Gasteiger charge is -2.40. The molecular weight excluding hydrogens is 346 g/mol. The van der Waals surface area contributed by atoms with E-state index in [2.05, 4.69) is 26.9 Å². The van der Waals surface area contributed by atoms with Crippen molar-refractivity contribution in [3.8, 4) is 0 Å². The van der Waals surface area contributed by atoms with Crippen LogP contribution >= 0.6 is 27.7 Å². The van der Waals surface area contributed by atoms with Crippen molar-refractivity contribution in [2.45, 2.75) is 35.8 Å². The molecule has 0 saturated heterocycles. The summed E-state index contributed by atoms with van der Waals surface area (Å²) in [4.78, 5) is 0.359. The molecule has 3 nitrogen and oxygen atoms in total. The Morgan fingerprint density at radius 2 is 2.11 bits per heavy atom. The topological polar surface area (TPSA) is 46.2 Å². The largest absolute Gasteiger partial charge is 0.240 e. The molecule has 106 valence electrons. The quantitative estimate of drug-likeness (QED) is 0.872. The first-order chi connectivity index (χ1) is 8.88. The molecule has 0 aromatic heterocycles. The fourth-order valence-corrected chi connectivity index (χ4v) is 5.11. The van der Waals surface area contributed by atoms with Gasteiger partial charge in [-0.1, -0.05) is 28.4 Å². The fourth-order valence-electron chi connectivity index (χ4n) is 2.19. The molecule has 1 fully saturated rings. The Morgan fingerprint density at radius 1 is 1.42 bits per heavy atom. The number of thioether (sulfide) groups is 1. The molecular formula is C13H18BrNO2S2. The third-order valence-electron chi connectivity index (χ3n) is 3.72. The van der Waals surface area contributed by atoms with E-state index >= 15 is 0 Å². The van der Waals surface area contributed by atoms with E-state index in [0.29, 0.717) is 11.4 Å². The Kier molecular flexibility index (Phi) is 4.65. The van der Waals surface area contributed by atoms with Gasteiger partial charge in [0.25, 0.3) is 0 Å². The zero-order chi connectivity index (χ0) is 14.1. The molecule has 6 heteroatoms. The first kappa shape index (κ1) is 15.4. The van der Waals surface area contributed by atoms with E-state index in [-0.39, 0.29) is 4.75 Å². The van der Waals surface area contributed by atoms with E-state index < -0.39 is 10.0 Å². The minimum Gasteiger partial charge on any atom is -0.210 e. The second-order valence-electron chi connectivity index (χ2n) is 4.98. The number of hydrogen-bond donors (Lipinski definition) is 1. The van der Waals surface area contributed by atoms with Gasteiger partial charge in [0, 0.05) is 15.8 Å². The maximum absolute atomic E-state index is 12.4. The van der Waals surface area contributed by atoms with Gasteiger partial charge < -0.3 is 0 Å². The Morgan fingerprint density at radius 3 is 2.63 bits per heavy atom. The molecule has 2 rings (SSSR count). The summed E-state index contributed by atoms with van der Waals surface area (Å²) in [5.41, 5.74) is 0.766. The van der Waals surface area contributed by atoms with Crippen LogP contribution in [0.3, 0.4) is 0 Å². The van der Waals surface area contributed by atoms with E-state index in [0.717, 1.165) is 22.9 Å². The summed E-state index contributed by atoms with van der Waals surface area (Å²) < 4.78 is 28.4. The standard InChI is InChI=1S/C13H18BrNO2S2/c1-10-4-5-11(14)8-12(10)19(16,17)15-9-13(18-2)6-3-7-13/h4-5,8,15H,3,6-7,9H2,1-2H3. The maximum atomic E-state index is 12.4. The minimum atomic E-state index is -3.43. The number of sulfonamides is 1. The van der Waals surface area contributed by atoms with Crippen LogP contribution < -0.4 is 4.72 Å². The van der Waals surface area contributed by atoms with Crippen LogP contribution in [0.4, 0.5) is 0 Å². The summed E-state index contributed by atoms with van der Waals surface area (Å²) in [6, 6.07) is 5.32. The van der Waals surface area contributed by atoms with Crippen LogP contribution in [0.25, 0.3) is 0 Å². The summed E-state index contributed by atoms with van der Waals surface area (Å²) >= 11 is 5.09. The molecule has 1 aromatic rings. The van der Waals surface area contributed by atoms with Gasteiger partial charge in [-0.3, -0.25) is 0 Å². The van der Waals surface area contributed by atoms with Gasteiger partial charge in [-0.25, -0.2) is 13.1 Å². The van der Waals surface area contributed by atoms with E-state index in [9.17, 15) is 8.42 Å². The number of rotatable bonds is 5. The second-order valence-corrected chi connectivity index (χ2v) is 8.90. The van der Waals surface area contributed by atoms with E-state index in [4.69, 9.17) is 0 Å². The highest BCUT2D eigenvalue weighted by Gasteiger charge is 2.37. The molecule has 0 aliphatic heterocycles. The molecule has 1 aliphatic rings. The first-order valence-corrected chi connectivity index (χ1v) is 9.70. The normalized spacial score (nSPS) is 18.1. The Labute approximate surface area is 127 Å². The average molecular weight is 364 g/mol. The van der Waals surface area contributed by atoms with Gasteiger partial charge >= 0.3 is 0 Å². The highest BCUT2D eigenvalue weighted by atomic mass is 79.9. The van der Waals surface area contributed by atoms with Crippen molar-refractivity contribution in [2.75, 3.05) is 12.8 Å². The molecule has 0 amide bonds. The maximum Gasteiger partial charge on any atom is 0.240 e. The molecule has 0 radical (unpaired) electrons. The van der Waals surface area contributed by atoms with Crippen LogP contribution in [-0.2, 0) is 10.0 Å². The SMILES string of the molecule is CSC1(CNS(=O)(=O)c2cc(Br)ccc2C)CCC1. The monoisotopic (exact) mass is 363 g/mol. The summed E-state index contributed by atoms with van der Waals surface area (Å²) in [7, 11) is -3.43. The predicted molar refractivity (Wildman–Crippen MR) is 84.2 cm³/mol. The molecule has 19 heavy (non-hydrogen) atoms. The number of benzene rings is 1. The fraction of sp³-hybridized carbons (Fsp3) is 0.538. The first-order valence-electron chi connectivity index (χ1n) is 6.20. The number of hydrogen-bond acceptors (Lipinski definition) is 3. The van der Waals surface area contributed by atoms with Crippen LogP contribution in [-0.4, -0.2) is 26.0 Å². The van der Waals surface area contributed by atoms with E-state index in [1.807, 2.05) is 19.1 Å². The zero-order valence-corrected chi connectivity index (χ0v) is 14.3. The zero-order valence-electron chi connectivity index (χ0n) is 11.1. The third-order valence-corrected chi connectivity index (χ3v) is 7.18. The Balaban J connectivity index is 2.16. The average Bonchev–Trinajstić information content (AvgIpc) is 2.31. The Hall–Kier alpha value is -0.0400. The van der Waals surface area contributed by atoms with Crippen molar-refractivity contribution in [3.63, 3.8) is 0 Å². The smallest absolute Gasteiger partial charge is 0.210 e. The van der Waals surface area contributed by atoms with Gasteiger partial charge in [0.1, 0.15) is 0 Å². The Bertz CT molecular complexity index is 562. The van der Waals surface area contributed by atoms with Gasteiger partial charge in [0.2, 0.25) is 10.0 Å². The van der Waals surface area contributed by atoms with E-state index in [1.54, 1.807) is 17.8 Å². The van der Waals surface area contributed by atoms with Crippen LogP contribution in [0.5, 0.6) is 0 Å². The lowest BCUT2D eigenvalue weighted by Crippen LogP contribution is -2.45. The van der Waals surface area contributed by atoms with Crippen molar-refractivity contribution < 1.29 is 8.42 Å². The molecule has 1 aliphatic carbocycles. The second kappa shape index (κ2) is 5.76. The van der Waals surface area contributed by atoms with E-state index in [1.165, 1.54) is 6.42 Å². The molecule has 0 bridgehead atoms. The number of nitrogens with one attached hydrogen (secondary N) is 1. The van der Waals surface area contributed by atoms with Crippen LogP contribution in [0.2, 0.25) is 0 Å². The third kappa shape index (κ3) is 3.35.